The van der Waals surface area contributed by atoms with Crippen molar-refractivity contribution in [1.29, 1.82) is 0 Å². The van der Waals surface area contributed by atoms with Gasteiger partial charge in [-0.1, -0.05) is 41.6 Å². The first-order chi connectivity index (χ1) is 10.3. The third-order valence-corrected chi connectivity index (χ3v) is 3.52. The minimum absolute atomic E-state index is 0.725. The second-order valence-electron chi connectivity index (χ2n) is 5.02. The van der Waals surface area contributed by atoms with Crippen LogP contribution in [0, 0.1) is 6.92 Å². The zero-order valence-corrected chi connectivity index (χ0v) is 12.2. The minimum atomic E-state index is 0.725. The van der Waals surface area contributed by atoms with Gasteiger partial charge in [-0.15, -0.1) is 0 Å². The van der Waals surface area contributed by atoms with Crippen molar-refractivity contribution in [3.8, 4) is 17.0 Å². The largest absolute Gasteiger partial charge is 0.497 e. The number of hydrogen-bond acceptors (Lipinski definition) is 3. The molecule has 2 aromatic carbocycles. The van der Waals surface area contributed by atoms with E-state index in [2.05, 4.69) is 24.2 Å². The molecule has 1 aromatic heterocycles. The smallest absolute Gasteiger partial charge is 0.141 e. The fraction of sp³-hybridized carbons (Fsp3) is 0.167. The summed E-state index contributed by atoms with van der Waals surface area (Å²) in [5, 5.41) is 4.18. The second kappa shape index (κ2) is 5.83. The highest BCUT2D eigenvalue weighted by atomic mass is 16.5. The molecule has 0 spiro atoms. The third-order valence-electron chi connectivity index (χ3n) is 3.52. The molecule has 0 saturated carbocycles. The van der Waals surface area contributed by atoms with E-state index in [0.717, 1.165) is 29.2 Å². The zero-order chi connectivity index (χ0) is 14.7. The lowest BCUT2D eigenvalue weighted by atomic mass is 10.0. The maximum atomic E-state index is 5.45. The fourth-order valence-corrected chi connectivity index (χ4v) is 2.33. The van der Waals surface area contributed by atoms with E-state index in [1.54, 1.807) is 7.11 Å². The molecule has 106 valence electrons. The van der Waals surface area contributed by atoms with Crippen molar-refractivity contribution in [3.05, 3.63) is 71.5 Å². The van der Waals surface area contributed by atoms with Crippen LogP contribution in [0.2, 0.25) is 0 Å². The molecule has 3 heteroatoms. The van der Waals surface area contributed by atoms with Gasteiger partial charge in [0.15, 0.2) is 0 Å². The summed E-state index contributed by atoms with van der Waals surface area (Å²) >= 11 is 0. The van der Waals surface area contributed by atoms with Crippen LogP contribution in [0.4, 0.5) is 0 Å². The number of ether oxygens (including phenoxy) is 1. The molecule has 0 bridgehead atoms. The first-order valence-electron chi connectivity index (χ1n) is 6.91. The van der Waals surface area contributed by atoms with Crippen LogP contribution in [0.5, 0.6) is 5.75 Å². The number of aromatic nitrogens is 1. The van der Waals surface area contributed by atoms with Gasteiger partial charge in [-0.3, -0.25) is 0 Å². The Labute approximate surface area is 124 Å². The van der Waals surface area contributed by atoms with Gasteiger partial charge in [0.1, 0.15) is 17.2 Å². The van der Waals surface area contributed by atoms with Crippen LogP contribution in [0.3, 0.4) is 0 Å². The standard InChI is InChI=1S/C18H17NO2/c1-13-5-3-4-6-17(13)18-12-16(21-19-18)11-14-7-9-15(20-2)10-8-14/h3-10,12H,11H2,1-2H3. The van der Waals surface area contributed by atoms with Crippen molar-refractivity contribution in [2.45, 2.75) is 13.3 Å². The highest BCUT2D eigenvalue weighted by Gasteiger charge is 2.09. The highest BCUT2D eigenvalue weighted by Crippen LogP contribution is 2.24. The van der Waals surface area contributed by atoms with Crippen LogP contribution in [0.15, 0.2) is 59.1 Å². The van der Waals surface area contributed by atoms with E-state index in [1.807, 2.05) is 42.5 Å². The van der Waals surface area contributed by atoms with Gasteiger partial charge in [-0.05, 0) is 30.2 Å². The Morgan fingerprint density at radius 2 is 1.81 bits per heavy atom. The summed E-state index contributed by atoms with van der Waals surface area (Å²) in [7, 11) is 1.67. The lowest BCUT2D eigenvalue weighted by Gasteiger charge is -2.01. The van der Waals surface area contributed by atoms with Crippen molar-refractivity contribution >= 4 is 0 Å². The van der Waals surface area contributed by atoms with E-state index >= 15 is 0 Å². The molecule has 0 N–H and O–H groups in total. The van der Waals surface area contributed by atoms with Crippen molar-refractivity contribution in [1.82, 2.24) is 5.16 Å². The number of rotatable bonds is 4. The van der Waals surface area contributed by atoms with Crippen LogP contribution in [-0.2, 0) is 6.42 Å². The van der Waals surface area contributed by atoms with E-state index in [-0.39, 0.29) is 0 Å². The van der Waals surface area contributed by atoms with E-state index < -0.39 is 0 Å². The molecule has 0 unspecified atom stereocenters. The summed E-state index contributed by atoms with van der Waals surface area (Å²) in [6.45, 7) is 2.08. The molecular formula is C18H17NO2. The minimum Gasteiger partial charge on any atom is -0.497 e. The van der Waals surface area contributed by atoms with Gasteiger partial charge in [-0.25, -0.2) is 0 Å². The molecular weight excluding hydrogens is 262 g/mol. The van der Waals surface area contributed by atoms with Gasteiger partial charge < -0.3 is 9.26 Å². The molecule has 0 atom stereocenters. The maximum absolute atomic E-state index is 5.45. The Balaban J connectivity index is 1.80. The summed E-state index contributed by atoms with van der Waals surface area (Å²) in [6.07, 6.45) is 0.725. The first-order valence-corrected chi connectivity index (χ1v) is 6.91. The van der Waals surface area contributed by atoms with E-state index in [4.69, 9.17) is 9.26 Å². The summed E-state index contributed by atoms with van der Waals surface area (Å²) in [6, 6.07) is 18.2. The van der Waals surface area contributed by atoms with Gasteiger partial charge in [0.2, 0.25) is 0 Å². The molecule has 0 aliphatic heterocycles. The summed E-state index contributed by atoms with van der Waals surface area (Å²) in [4.78, 5) is 0. The summed E-state index contributed by atoms with van der Waals surface area (Å²) in [5.74, 6) is 1.72. The monoisotopic (exact) mass is 279 g/mol. The predicted molar refractivity (Wildman–Crippen MR) is 82.5 cm³/mol. The van der Waals surface area contributed by atoms with Crippen molar-refractivity contribution in [2.24, 2.45) is 0 Å². The zero-order valence-electron chi connectivity index (χ0n) is 12.2. The Morgan fingerprint density at radius 3 is 2.52 bits per heavy atom. The third kappa shape index (κ3) is 2.97. The SMILES string of the molecule is COc1ccc(Cc2cc(-c3ccccc3C)no2)cc1. The van der Waals surface area contributed by atoms with E-state index in [0.29, 0.717) is 0 Å². The first kappa shape index (κ1) is 13.4. The van der Waals surface area contributed by atoms with Crippen LogP contribution < -0.4 is 4.74 Å². The molecule has 0 aliphatic carbocycles. The molecule has 0 amide bonds. The molecule has 0 fully saturated rings. The topological polar surface area (TPSA) is 35.3 Å². The fourth-order valence-electron chi connectivity index (χ4n) is 2.33. The van der Waals surface area contributed by atoms with Gasteiger partial charge in [0.25, 0.3) is 0 Å². The van der Waals surface area contributed by atoms with Crippen molar-refractivity contribution in [2.75, 3.05) is 7.11 Å². The molecule has 0 radical (unpaired) electrons. The van der Waals surface area contributed by atoms with Crippen LogP contribution in [-0.4, -0.2) is 12.3 Å². The number of benzene rings is 2. The highest BCUT2D eigenvalue weighted by molar-refractivity contribution is 5.63. The molecule has 1 heterocycles. The second-order valence-corrected chi connectivity index (χ2v) is 5.02. The molecule has 3 aromatic rings. The van der Waals surface area contributed by atoms with E-state index in [1.165, 1.54) is 11.1 Å². The molecule has 0 aliphatic rings. The Morgan fingerprint density at radius 1 is 1.05 bits per heavy atom. The molecule has 21 heavy (non-hydrogen) atoms. The Kier molecular flexibility index (Phi) is 3.73. The quantitative estimate of drug-likeness (QED) is 0.716. The van der Waals surface area contributed by atoms with Gasteiger partial charge in [0, 0.05) is 18.1 Å². The van der Waals surface area contributed by atoms with Crippen molar-refractivity contribution in [3.63, 3.8) is 0 Å². The van der Waals surface area contributed by atoms with E-state index in [9.17, 15) is 0 Å². The molecule has 3 rings (SSSR count). The predicted octanol–water partition coefficient (Wildman–Crippen LogP) is 4.25. The Hall–Kier alpha value is -2.55. The summed E-state index contributed by atoms with van der Waals surface area (Å²) < 4.78 is 10.6. The molecule has 0 saturated heterocycles. The van der Waals surface area contributed by atoms with Gasteiger partial charge >= 0.3 is 0 Å². The van der Waals surface area contributed by atoms with Crippen molar-refractivity contribution < 1.29 is 9.26 Å². The number of methoxy groups -OCH3 is 1. The molecule has 3 nitrogen and oxygen atoms in total. The average Bonchev–Trinajstić information content (AvgIpc) is 2.97. The lowest BCUT2D eigenvalue weighted by Crippen LogP contribution is -1.87. The van der Waals surface area contributed by atoms with Gasteiger partial charge in [-0.2, -0.15) is 0 Å². The number of nitrogens with zero attached hydrogens (tertiary/aromatic N) is 1. The lowest BCUT2D eigenvalue weighted by molar-refractivity contribution is 0.391. The van der Waals surface area contributed by atoms with Crippen LogP contribution in [0.25, 0.3) is 11.3 Å². The van der Waals surface area contributed by atoms with Gasteiger partial charge in [0.05, 0.1) is 7.11 Å². The summed E-state index contributed by atoms with van der Waals surface area (Å²) in [5.41, 5.74) is 4.36. The number of aryl methyl sites for hydroxylation is 1. The number of hydrogen-bond donors (Lipinski definition) is 0. The maximum Gasteiger partial charge on any atom is 0.141 e. The van der Waals surface area contributed by atoms with Crippen LogP contribution in [0.1, 0.15) is 16.9 Å². The van der Waals surface area contributed by atoms with Crippen LogP contribution >= 0.6 is 0 Å². The Bertz CT molecular complexity index is 729. The average molecular weight is 279 g/mol. The normalized spacial score (nSPS) is 10.6.